The fourth-order valence-electron chi connectivity index (χ4n) is 3.17. The number of hydrogen-bond donors (Lipinski definition) is 1. The fraction of sp³-hybridized carbons (Fsp3) is 0.769. The monoisotopic (exact) mass is 234 g/mol. The molecule has 4 nitrogen and oxygen atoms in total. The van der Waals surface area contributed by atoms with Gasteiger partial charge < -0.3 is 14.8 Å². The number of nitrogens with one attached hydrogen (secondary N) is 1. The van der Waals surface area contributed by atoms with Gasteiger partial charge in [0.1, 0.15) is 0 Å². The van der Waals surface area contributed by atoms with E-state index < -0.39 is 0 Å². The van der Waals surface area contributed by atoms with Crippen molar-refractivity contribution >= 4 is 0 Å². The SMILES string of the molecule is CN1CCCC1Cn1cncc1C1CCNC1. The first-order valence-electron chi connectivity index (χ1n) is 6.75. The second kappa shape index (κ2) is 4.78. The van der Waals surface area contributed by atoms with Gasteiger partial charge in [-0.15, -0.1) is 0 Å². The van der Waals surface area contributed by atoms with E-state index in [1.165, 1.54) is 31.5 Å². The van der Waals surface area contributed by atoms with Gasteiger partial charge in [-0.2, -0.15) is 0 Å². The summed E-state index contributed by atoms with van der Waals surface area (Å²) < 4.78 is 2.38. The van der Waals surface area contributed by atoms with Gasteiger partial charge in [-0.3, -0.25) is 0 Å². The van der Waals surface area contributed by atoms with Crippen LogP contribution in [-0.2, 0) is 6.54 Å². The summed E-state index contributed by atoms with van der Waals surface area (Å²) in [6.45, 7) is 4.63. The highest BCUT2D eigenvalue weighted by atomic mass is 15.2. The van der Waals surface area contributed by atoms with Gasteiger partial charge in [0.2, 0.25) is 0 Å². The van der Waals surface area contributed by atoms with Crippen LogP contribution in [0.3, 0.4) is 0 Å². The molecule has 94 valence electrons. The van der Waals surface area contributed by atoms with Gasteiger partial charge in [-0.1, -0.05) is 0 Å². The van der Waals surface area contributed by atoms with Crippen molar-refractivity contribution in [3.05, 3.63) is 18.2 Å². The van der Waals surface area contributed by atoms with Gasteiger partial charge in [-0.05, 0) is 39.4 Å². The first-order chi connectivity index (χ1) is 8.34. The molecular weight excluding hydrogens is 212 g/mol. The first-order valence-corrected chi connectivity index (χ1v) is 6.75. The van der Waals surface area contributed by atoms with Gasteiger partial charge in [0.15, 0.2) is 0 Å². The van der Waals surface area contributed by atoms with E-state index in [4.69, 9.17) is 0 Å². The zero-order chi connectivity index (χ0) is 11.7. The van der Waals surface area contributed by atoms with Gasteiger partial charge in [0.05, 0.1) is 6.33 Å². The molecule has 0 amide bonds. The van der Waals surface area contributed by atoms with Gasteiger partial charge >= 0.3 is 0 Å². The zero-order valence-corrected chi connectivity index (χ0v) is 10.6. The number of nitrogens with zero attached hydrogens (tertiary/aromatic N) is 3. The van der Waals surface area contributed by atoms with E-state index in [0.29, 0.717) is 12.0 Å². The Kier molecular flexibility index (Phi) is 3.16. The molecule has 1 aromatic heterocycles. The molecule has 0 aliphatic carbocycles. The largest absolute Gasteiger partial charge is 0.333 e. The van der Waals surface area contributed by atoms with E-state index in [1.807, 2.05) is 6.33 Å². The Bertz CT molecular complexity index is 367. The highest BCUT2D eigenvalue weighted by Crippen LogP contribution is 2.24. The Balaban J connectivity index is 1.72. The third-order valence-corrected chi connectivity index (χ3v) is 4.30. The molecule has 2 aliphatic rings. The number of hydrogen-bond acceptors (Lipinski definition) is 3. The first kappa shape index (κ1) is 11.2. The summed E-state index contributed by atoms with van der Waals surface area (Å²) in [6.07, 6.45) is 8.01. The summed E-state index contributed by atoms with van der Waals surface area (Å²) in [5.74, 6) is 0.671. The van der Waals surface area contributed by atoms with Gasteiger partial charge in [-0.25, -0.2) is 4.98 Å². The van der Waals surface area contributed by atoms with E-state index in [0.717, 1.165) is 19.6 Å². The van der Waals surface area contributed by atoms with Crippen LogP contribution < -0.4 is 5.32 Å². The maximum atomic E-state index is 4.35. The van der Waals surface area contributed by atoms with Crippen LogP contribution in [0.1, 0.15) is 30.9 Å². The molecule has 17 heavy (non-hydrogen) atoms. The van der Waals surface area contributed by atoms with E-state index in [1.54, 1.807) is 0 Å². The Morgan fingerprint density at radius 3 is 3.12 bits per heavy atom. The Hall–Kier alpha value is -0.870. The van der Waals surface area contributed by atoms with Crippen LogP contribution in [0, 0.1) is 0 Å². The molecule has 0 bridgehead atoms. The summed E-state index contributed by atoms with van der Waals surface area (Å²) in [5.41, 5.74) is 1.43. The summed E-state index contributed by atoms with van der Waals surface area (Å²) in [5, 5.41) is 3.44. The lowest BCUT2D eigenvalue weighted by molar-refractivity contribution is 0.279. The Labute approximate surface area is 103 Å². The number of rotatable bonds is 3. The lowest BCUT2D eigenvalue weighted by Gasteiger charge is -2.22. The van der Waals surface area contributed by atoms with Crippen molar-refractivity contribution in [1.29, 1.82) is 0 Å². The average molecular weight is 234 g/mol. The molecule has 0 radical (unpaired) electrons. The predicted octanol–water partition coefficient (Wildman–Crippen LogP) is 1.05. The maximum absolute atomic E-state index is 4.35. The summed E-state index contributed by atoms with van der Waals surface area (Å²) in [7, 11) is 2.24. The molecule has 2 aliphatic heterocycles. The van der Waals surface area contributed by atoms with Crippen LogP contribution in [0.25, 0.3) is 0 Å². The zero-order valence-electron chi connectivity index (χ0n) is 10.6. The van der Waals surface area contributed by atoms with Crippen molar-refractivity contribution < 1.29 is 0 Å². The minimum atomic E-state index is 0.671. The normalized spacial score (nSPS) is 30.2. The van der Waals surface area contributed by atoms with Crippen molar-refractivity contribution in [2.24, 2.45) is 0 Å². The van der Waals surface area contributed by atoms with Crippen molar-refractivity contribution in [1.82, 2.24) is 19.8 Å². The van der Waals surface area contributed by atoms with Crippen LogP contribution in [0.2, 0.25) is 0 Å². The number of aromatic nitrogens is 2. The fourth-order valence-corrected chi connectivity index (χ4v) is 3.17. The van der Waals surface area contributed by atoms with E-state index in [9.17, 15) is 0 Å². The molecule has 0 saturated carbocycles. The molecule has 4 heteroatoms. The topological polar surface area (TPSA) is 33.1 Å². The lowest BCUT2D eigenvalue weighted by Crippen LogP contribution is -2.30. The number of imidazole rings is 1. The molecule has 2 fully saturated rings. The Morgan fingerprint density at radius 1 is 1.47 bits per heavy atom. The molecule has 1 N–H and O–H groups in total. The predicted molar refractivity (Wildman–Crippen MR) is 68.1 cm³/mol. The molecule has 3 rings (SSSR count). The summed E-state index contributed by atoms with van der Waals surface area (Å²) in [6, 6.07) is 0.706. The van der Waals surface area contributed by atoms with Crippen LogP contribution in [0.4, 0.5) is 0 Å². The smallest absolute Gasteiger partial charge is 0.0948 e. The molecule has 0 aromatic carbocycles. The number of likely N-dealkylation sites (tertiary alicyclic amines) is 1. The van der Waals surface area contributed by atoms with Gasteiger partial charge in [0.25, 0.3) is 0 Å². The molecule has 2 unspecified atom stereocenters. The standard InChI is InChI=1S/C13H22N4/c1-16-6-2-3-12(16)9-17-10-15-8-13(17)11-4-5-14-7-11/h8,10-12,14H,2-7,9H2,1H3. The molecule has 1 aromatic rings. The minimum Gasteiger partial charge on any atom is -0.333 e. The molecular formula is C13H22N4. The minimum absolute atomic E-state index is 0.671. The van der Waals surface area contributed by atoms with Crippen LogP contribution in [0.15, 0.2) is 12.5 Å². The summed E-state index contributed by atoms with van der Waals surface area (Å²) in [4.78, 5) is 6.83. The van der Waals surface area contributed by atoms with Crippen LogP contribution >= 0.6 is 0 Å². The third-order valence-electron chi connectivity index (χ3n) is 4.30. The van der Waals surface area contributed by atoms with Crippen LogP contribution in [0.5, 0.6) is 0 Å². The quantitative estimate of drug-likeness (QED) is 0.849. The molecule has 2 atom stereocenters. The van der Waals surface area contributed by atoms with Crippen molar-refractivity contribution in [3.8, 4) is 0 Å². The van der Waals surface area contributed by atoms with Gasteiger partial charge in [0, 0.05) is 36.9 Å². The molecule has 3 heterocycles. The lowest BCUT2D eigenvalue weighted by atomic mass is 10.1. The molecule has 2 saturated heterocycles. The second-order valence-electron chi connectivity index (χ2n) is 5.44. The van der Waals surface area contributed by atoms with Crippen molar-refractivity contribution in [2.45, 2.75) is 37.8 Å². The summed E-state index contributed by atoms with van der Waals surface area (Å²) >= 11 is 0. The highest BCUT2D eigenvalue weighted by molar-refractivity contribution is 5.09. The number of likely N-dealkylation sites (N-methyl/N-ethyl adjacent to an activating group) is 1. The van der Waals surface area contributed by atoms with E-state index in [-0.39, 0.29) is 0 Å². The van der Waals surface area contributed by atoms with Crippen molar-refractivity contribution in [2.75, 3.05) is 26.7 Å². The Morgan fingerprint density at radius 2 is 2.41 bits per heavy atom. The van der Waals surface area contributed by atoms with Crippen molar-refractivity contribution in [3.63, 3.8) is 0 Å². The van der Waals surface area contributed by atoms with E-state index in [2.05, 4.69) is 33.0 Å². The maximum Gasteiger partial charge on any atom is 0.0948 e. The average Bonchev–Trinajstić information content (AvgIpc) is 3.02. The van der Waals surface area contributed by atoms with Crippen LogP contribution in [-0.4, -0.2) is 47.2 Å². The third kappa shape index (κ3) is 2.24. The molecule has 0 spiro atoms. The second-order valence-corrected chi connectivity index (χ2v) is 5.44. The van der Waals surface area contributed by atoms with E-state index >= 15 is 0 Å². The highest BCUT2D eigenvalue weighted by Gasteiger charge is 2.24.